The van der Waals surface area contributed by atoms with Gasteiger partial charge in [0.25, 0.3) is 0 Å². The van der Waals surface area contributed by atoms with Gasteiger partial charge in [0, 0.05) is 26.3 Å². The van der Waals surface area contributed by atoms with Gasteiger partial charge in [-0.3, -0.25) is 0 Å². The van der Waals surface area contributed by atoms with Gasteiger partial charge in [0.2, 0.25) is 0 Å². The van der Waals surface area contributed by atoms with E-state index in [9.17, 15) is 0 Å². The first-order valence-corrected chi connectivity index (χ1v) is 7.68. The van der Waals surface area contributed by atoms with Gasteiger partial charge < -0.3 is 5.32 Å². The first-order chi connectivity index (χ1) is 8.72. The van der Waals surface area contributed by atoms with E-state index in [0.29, 0.717) is 5.37 Å². The Morgan fingerprint density at radius 3 is 2.83 bits per heavy atom. The molecule has 0 fully saturated rings. The van der Waals surface area contributed by atoms with Crippen LogP contribution < -0.4 is 5.32 Å². The molecule has 0 saturated heterocycles. The molecule has 0 bridgehead atoms. The number of nitrogens with one attached hydrogen (secondary N) is 1. The second-order valence-corrected chi connectivity index (χ2v) is 7.20. The van der Waals surface area contributed by atoms with Gasteiger partial charge in [0.15, 0.2) is 0 Å². The number of nitrogens with zero attached hydrogens (tertiary/aromatic N) is 1. The predicted octanol–water partition coefficient (Wildman–Crippen LogP) is 4.86. The van der Waals surface area contributed by atoms with E-state index in [-0.39, 0.29) is 0 Å². The van der Waals surface area contributed by atoms with Gasteiger partial charge in [-0.25, -0.2) is 4.99 Å². The van der Waals surface area contributed by atoms with E-state index in [0.717, 1.165) is 10.7 Å². The first kappa shape index (κ1) is 10.8. The van der Waals surface area contributed by atoms with E-state index < -0.39 is 0 Å². The van der Waals surface area contributed by atoms with E-state index in [1.54, 1.807) is 11.8 Å². The van der Waals surface area contributed by atoms with Crippen molar-refractivity contribution in [2.24, 2.45) is 4.99 Å². The molecular weight excluding hydrogens is 260 g/mol. The molecule has 18 heavy (non-hydrogen) atoms. The summed E-state index contributed by atoms with van der Waals surface area (Å²) in [5.41, 5.74) is 2.35. The summed E-state index contributed by atoms with van der Waals surface area (Å²) < 4.78 is 0. The third-order valence-corrected chi connectivity index (χ3v) is 5.27. The smallest absolute Gasteiger partial charge is 0.0755 e. The second-order valence-electron chi connectivity index (χ2n) is 4.58. The van der Waals surface area contributed by atoms with E-state index in [1.807, 2.05) is 11.8 Å². The summed E-state index contributed by atoms with van der Waals surface area (Å²) in [6.07, 6.45) is 0. The Bertz CT molecular complexity index is 694. The van der Waals surface area contributed by atoms with Crippen LogP contribution in [0, 0.1) is 0 Å². The van der Waals surface area contributed by atoms with Gasteiger partial charge >= 0.3 is 0 Å². The lowest BCUT2D eigenvalue weighted by Gasteiger charge is -2.26. The minimum atomic E-state index is 0.429. The number of hydrogen-bond donors (Lipinski definition) is 1. The Balaban J connectivity index is 2.14. The van der Waals surface area contributed by atoms with Gasteiger partial charge in [0.1, 0.15) is 0 Å². The second kappa shape index (κ2) is 3.68. The van der Waals surface area contributed by atoms with Crippen molar-refractivity contribution in [2.45, 2.75) is 29.0 Å². The molecule has 1 N–H and O–H groups in total. The molecule has 4 rings (SSSR count). The fourth-order valence-corrected chi connectivity index (χ4v) is 4.55. The molecule has 0 aliphatic carbocycles. The molecule has 0 amide bonds. The molecule has 1 atom stereocenters. The Morgan fingerprint density at radius 1 is 1.11 bits per heavy atom. The van der Waals surface area contributed by atoms with Crippen molar-refractivity contribution in [3.05, 3.63) is 24.3 Å². The van der Waals surface area contributed by atoms with Crippen LogP contribution in [0.1, 0.15) is 13.8 Å². The Hall–Kier alpha value is -1.13. The van der Waals surface area contributed by atoms with Crippen LogP contribution >= 0.6 is 23.5 Å². The van der Waals surface area contributed by atoms with E-state index >= 15 is 0 Å². The SMILES string of the molecule is CC1=Nc2ccc3c4c(ccc(c24)S1)NC(C)S3. The lowest BCUT2D eigenvalue weighted by molar-refractivity contribution is 1.11. The quantitative estimate of drug-likeness (QED) is 0.741. The molecule has 0 spiro atoms. The predicted molar refractivity (Wildman–Crippen MR) is 81.5 cm³/mol. The van der Waals surface area contributed by atoms with E-state index in [4.69, 9.17) is 0 Å². The highest BCUT2D eigenvalue weighted by molar-refractivity contribution is 8.14. The van der Waals surface area contributed by atoms with E-state index in [2.05, 4.69) is 48.4 Å². The summed E-state index contributed by atoms with van der Waals surface area (Å²) >= 11 is 3.66. The highest BCUT2D eigenvalue weighted by atomic mass is 32.2. The largest absolute Gasteiger partial charge is 0.373 e. The van der Waals surface area contributed by atoms with Crippen LogP contribution in [0.25, 0.3) is 10.8 Å². The normalized spacial score (nSPS) is 20.6. The van der Waals surface area contributed by atoms with Gasteiger partial charge in [-0.05, 0) is 38.1 Å². The Morgan fingerprint density at radius 2 is 1.94 bits per heavy atom. The molecule has 2 aromatic carbocycles. The zero-order valence-electron chi connectivity index (χ0n) is 10.2. The van der Waals surface area contributed by atoms with Crippen molar-refractivity contribution in [3.8, 4) is 0 Å². The zero-order valence-corrected chi connectivity index (χ0v) is 11.8. The molecule has 0 aromatic heterocycles. The maximum atomic E-state index is 4.67. The third kappa shape index (κ3) is 1.42. The fourth-order valence-electron chi connectivity index (χ4n) is 2.60. The van der Waals surface area contributed by atoms with Crippen LogP contribution in [0.2, 0.25) is 0 Å². The van der Waals surface area contributed by atoms with Crippen molar-refractivity contribution < 1.29 is 0 Å². The first-order valence-electron chi connectivity index (χ1n) is 5.98. The maximum Gasteiger partial charge on any atom is 0.0755 e. The molecule has 2 aromatic rings. The molecule has 2 heterocycles. The molecule has 2 nitrogen and oxygen atoms in total. The Kier molecular flexibility index (Phi) is 2.20. The highest BCUT2D eigenvalue weighted by Gasteiger charge is 2.23. The van der Waals surface area contributed by atoms with Crippen LogP contribution in [0.15, 0.2) is 39.0 Å². The minimum absolute atomic E-state index is 0.429. The molecule has 0 saturated carbocycles. The number of thioether (sulfide) groups is 2. The molecule has 2 aliphatic rings. The summed E-state index contributed by atoms with van der Waals surface area (Å²) in [4.78, 5) is 7.36. The van der Waals surface area contributed by atoms with Gasteiger partial charge in [0.05, 0.1) is 16.1 Å². The summed E-state index contributed by atoms with van der Waals surface area (Å²) in [5.74, 6) is 0. The topological polar surface area (TPSA) is 24.4 Å². The monoisotopic (exact) mass is 272 g/mol. The van der Waals surface area contributed by atoms with Crippen LogP contribution in [0.3, 0.4) is 0 Å². The lowest BCUT2D eigenvalue weighted by atomic mass is 10.1. The molecule has 1 unspecified atom stereocenters. The lowest BCUT2D eigenvalue weighted by Crippen LogP contribution is -2.15. The maximum absolute atomic E-state index is 4.67. The number of benzene rings is 2. The third-order valence-electron chi connectivity index (χ3n) is 3.26. The standard InChI is InChI=1S/C14H12N2S2/c1-7-15-9-3-6-12-14-10(16-8(2)18-12)4-5-11(17-7)13(9)14/h3-7,15H,1-2H3. The molecular formula is C14H12N2S2. The van der Waals surface area contributed by atoms with Crippen molar-refractivity contribution in [1.29, 1.82) is 0 Å². The zero-order chi connectivity index (χ0) is 12.3. The summed E-state index contributed by atoms with van der Waals surface area (Å²) in [7, 11) is 0. The van der Waals surface area contributed by atoms with Crippen molar-refractivity contribution in [1.82, 2.24) is 0 Å². The Labute approximate surface area is 114 Å². The number of hydrogen-bond acceptors (Lipinski definition) is 4. The summed E-state index contributed by atoms with van der Waals surface area (Å²) in [5, 5.41) is 7.75. The summed E-state index contributed by atoms with van der Waals surface area (Å²) in [6.45, 7) is 4.27. The van der Waals surface area contributed by atoms with Crippen molar-refractivity contribution in [2.75, 3.05) is 5.32 Å². The minimum Gasteiger partial charge on any atom is -0.373 e. The number of aliphatic imine (C=N–C) groups is 1. The van der Waals surface area contributed by atoms with Crippen LogP contribution in [0.4, 0.5) is 11.4 Å². The van der Waals surface area contributed by atoms with Crippen LogP contribution in [-0.4, -0.2) is 10.4 Å². The average Bonchev–Trinajstić information content (AvgIpc) is 2.34. The molecule has 0 radical (unpaired) electrons. The molecule has 90 valence electrons. The van der Waals surface area contributed by atoms with Gasteiger partial charge in [-0.2, -0.15) is 0 Å². The van der Waals surface area contributed by atoms with Crippen molar-refractivity contribution >= 4 is 50.7 Å². The molecule has 2 aliphatic heterocycles. The average molecular weight is 272 g/mol. The number of anilines is 1. The summed E-state index contributed by atoms with van der Waals surface area (Å²) in [6, 6.07) is 8.77. The van der Waals surface area contributed by atoms with Crippen LogP contribution in [0.5, 0.6) is 0 Å². The van der Waals surface area contributed by atoms with Crippen molar-refractivity contribution in [3.63, 3.8) is 0 Å². The van der Waals surface area contributed by atoms with Gasteiger partial charge in [-0.15, -0.1) is 11.8 Å². The van der Waals surface area contributed by atoms with Crippen LogP contribution in [-0.2, 0) is 0 Å². The highest BCUT2D eigenvalue weighted by Crippen LogP contribution is 2.49. The number of rotatable bonds is 0. The van der Waals surface area contributed by atoms with Gasteiger partial charge in [-0.1, -0.05) is 11.8 Å². The fraction of sp³-hybridized carbons (Fsp3) is 0.214. The van der Waals surface area contributed by atoms with E-state index in [1.165, 1.54) is 26.3 Å². The molecule has 4 heteroatoms.